The number of rotatable bonds is 8. The molecule has 2 saturated heterocycles. The second-order valence-corrected chi connectivity index (χ2v) is 16.3. The molecular weight excluding hydrogens is 620 g/mol. The minimum absolute atomic E-state index is 0.00976. The number of carboxylic acids is 1. The fourth-order valence-corrected chi connectivity index (χ4v) is 7.11. The van der Waals surface area contributed by atoms with Gasteiger partial charge < -0.3 is 24.6 Å². The number of quaternary nitrogens is 1. The molecule has 0 bridgehead atoms. The molecule has 1 aromatic carbocycles. The van der Waals surface area contributed by atoms with Crippen molar-refractivity contribution in [2.24, 2.45) is 21.7 Å². The first-order valence-electron chi connectivity index (χ1n) is 18.0. The molecule has 0 saturated carbocycles. The van der Waals surface area contributed by atoms with Gasteiger partial charge in [0.15, 0.2) is 5.78 Å². The normalized spacial score (nSPS) is 22.7. The van der Waals surface area contributed by atoms with Crippen LogP contribution >= 0.6 is 0 Å². The molecule has 1 aliphatic carbocycles. The van der Waals surface area contributed by atoms with E-state index < -0.39 is 11.4 Å². The molecule has 1 aromatic heterocycles. The summed E-state index contributed by atoms with van der Waals surface area (Å²) in [5.74, 6) is -0.290. The predicted molar refractivity (Wildman–Crippen MR) is 187 cm³/mol. The van der Waals surface area contributed by atoms with Crippen molar-refractivity contribution in [3.8, 4) is 0 Å². The van der Waals surface area contributed by atoms with E-state index in [4.69, 9.17) is 14.7 Å². The minimum Gasteiger partial charge on any atom is -0.550 e. The number of amides is 1. The highest BCUT2D eigenvalue weighted by atomic mass is 16.6. The van der Waals surface area contributed by atoms with Crippen LogP contribution in [-0.4, -0.2) is 72.5 Å². The molecule has 266 valence electrons. The maximum absolute atomic E-state index is 13.8. The average Bonchev–Trinajstić information content (AvgIpc) is 3.67. The Morgan fingerprint density at radius 3 is 2.43 bits per heavy atom. The summed E-state index contributed by atoms with van der Waals surface area (Å²) >= 11 is 0. The number of carboxylic acid groups (broad SMARTS) is 1. The Labute approximate surface area is 291 Å². The van der Waals surface area contributed by atoms with E-state index in [0.717, 1.165) is 80.8 Å². The number of ketones is 1. The highest BCUT2D eigenvalue weighted by Gasteiger charge is 2.33. The van der Waals surface area contributed by atoms with Crippen molar-refractivity contribution in [1.82, 2.24) is 4.98 Å². The van der Waals surface area contributed by atoms with Gasteiger partial charge in [-0.3, -0.25) is 14.7 Å². The van der Waals surface area contributed by atoms with Gasteiger partial charge in [-0.1, -0.05) is 53.7 Å². The lowest BCUT2D eigenvalue weighted by Crippen LogP contribution is -3.13. The topological polar surface area (TPSA) is 137 Å². The van der Waals surface area contributed by atoms with Crippen molar-refractivity contribution >= 4 is 34.9 Å². The first kappa shape index (κ1) is 36.6. The van der Waals surface area contributed by atoms with Crippen LogP contribution in [0.15, 0.2) is 35.3 Å². The summed E-state index contributed by atoms with van der Waals surface area (Å²) < 4.78 is 5.17. The van der Waals surface area contributed by atoms with Gasteiger partial charge in [0, 0.05) is 54.9 Å². The number of ether oxygens (including phenoxy) is 1. The summed E-state index contributed by atoms with van der Waals surface area (Å²) in [5, 5.41) is 19.9. The number of hydrogen-bond acceptors (Lipinski definition) is 8. The number of aryl methyl sites for hydroxylation is 1. The lowest BCUT2D eigenvalue weighted by Gasteiger charge is -2.34. The van der Waals surface area contributed by atoms with Gasteiger partial charge in [-0.15, -0.1) is 0 Å². The Hall–Kier alpha value is -3.63. The number of aliphatic hydroxyl groups is 1. The molecule has 2 aromatic rings. The summed E-state index contributed by atoms with van der Waals surface area (Å²) in [7, 11) is 0. The Morgan fingerprint density at radius 1 is 1.08 bits per heavy atom. The molecule has 4 heterocycles. The van der Waals surface area contributed by atoms with Crippen molar-refractivity contribution in [2.45, 2.75) is 105 Å². The van der Waals surface area contributed by atoms with Crippen molar-refractivity contribution in [3.63, 3.8) is 0 Å². The van der Waals surface area contributed by atoms with Crippen LogP contribution in [0.5, 0.6) is 0 Å². The highest BCUT2D eigenvalue weighted by molar-refractivity contribution is 6.41. The molecule has 0 spiro atoms. The molecule has 49 heavy (non-hydrogen) atoms. The number of aliphatic carboxylic acids is 1. The molecule has 3 aliphatic heterocycles. The molecular formula is C39H54N4O6. The van der Waals surface area contributed by atoms with Crippen LogP contribution in [0.4, 0.5) is 16.2 Å². The fourth-order valence-electron chi connectivity index (χ4n) is 7.11. The number of fused-ring (bicyclic) bond motifs is 2. The van der Waals surface area contributed by atoms with E-state index in [1.165, 1.54) is 16.2 Å². The molecule has 2 fully saturated rings. The Morgan fingerprint density at radius 2 is 1.80 bits per heavy atom. The second kappa shape index (κ2) is 15.1. The van der Waals surface area contributed by atoms with E-state index in [0.29, 0.717) is 37.6 Å². The number of nitrogens with one attached hydrogen (secondary N) is 1. The number of hydrogen-bond donors (Lipinski definition) is 2. The molecule has 2 N–H and O–H groups in total. The number of aromatic nitrogens is 1. The minimum atomic E-state index is -1.01. The largest absolute Gasteiger partial charge is 0.550 e. The van der Waals surface area contributed by atoms with Crippen LogP contribution in [0.25, 0.3) is 0 Å². The van der Waals surface area contributed by atoms with E-state index in [-0.39, 0.29) is 29.3 Å². The molecule has 6 rings (SSSR count). The zero-order valence-corrected chi connectivity index (χ0v) is 30.1. The average molecular weight is 675 g/mol. The van der Waals surface area contributed by atoms with Gasteiger partial charge in [-0.05, 0) is 65.8 Å². The van der Waals surface area contributed by atoms with Crippen molar-refractivity contribution < 1.29 is 34.2 Å². The number of anilines is 1. The number of aliphatic hydroxyl groups excluding tert-OH is 1. The Bertz CT molecular complexity index is 1560. The van der Waals surface area contributed by atoms with Gasteiger partial charge in [0.25, 0.3) is 0 Å². The van der Waals surface area contributed by atoms with Crippen molar-refractivity contribution in [2.75, 3.05) is 37.7 Å². The molecule has 10 nitrogen and oxygen atoms in total. The van der Waals surface area contributed by atoms with E-state index >= 15 is 0 Å². The van der Waals surface area contributed by atoms with E-state index in [1.54, 1.807) is 25.7 Å². The van der Waals surface area contributed by atoms with E-state index in [1.807, 2.05) is 18.2 Å². The molecule has 2 atom stereocenters. The quantitative estimate of drug-likeness (QED) is 0.435. The standard InChI is InChI=1S/C34H44N4O4.C5H10O2/c1-34(2,3)25-7-8-28-24(17-25)19-29-30(35-28)21-31(36-29)32(40)20-23(9-12-37-13-10-27(39)11-14-37)22-5-4-6-26(18-22)38-15-16-42-33(38)41;1-5(2,3)4(6)7/h4-6,18-19,23,25,27,39H,7-17,20-21H2,1-3H3;1-3H3,(H,6,7)/t23-,25-;/m0./s1. The molecule has 1 amide bonds. The van der Waals surface area contributed by atoms with Crippen molar-refractivity contribution in [3.05, 3.63) is 52.8 Å². The number of carbonyl (C=O) groups excluding carboxylic acids is 3. The fraction of sp³-hybridized carbons (Fsp3) is 0.615. The van der Waals surface area contributed by atoms with Crippen LogP contribution in [-0.2, 0) is 33.6 Å². The lowest BCUT2D eigenvalue weighted by molar-refractivity contribution is -0.906. The van der Waals surface area contributed by atoms with Crippen LogP contribution in [0, 0.1) is 16.7 Å². The summed E-state index contributed by atoms with van der Waals surface area (Å²) in [6.07, 6.45) is 6.05. The summed E-state index contributed by atoms with van der Waals surface area (Å²) in [4.78, 5) is 48.9. The maximum Gasteiger partial charge on any atom is 0.414 e. The van der Waals surface area contributed by atoms with Gasteiger partial charge in [-0.25, -0.2) is 9.79 Å². The third kappa shape index (κ3) is 9.34. The van der Waals surface area contributed by atoms with Crippen LogP contribution in [0.2, 0.25) is 0 Å². The zero-order valence-electron chi connectivity index (χ0n) is 30.1. The Balaban J connectivity index is 0.000000606. The maximum atomic E-state index is 13.8. The molecule has 0 radical (unpaired) electrons. The first-order valence-corrected chi connectivity index (χ1v) is 18.0. The number of aliphatic imine (C=N–C) groups is 1. The van der Waals surface area contributed by atoms with Crippen molar-refractivity contribution in [1.29, 1.82) is 0 Å². The van der Waals surface area contributed by atoms with Crippen LogP contribution in [0.1, 0.15) is 102 Å². The number of nitrogens with zero attached hydrogens (tertiary/aromatic N) is 3. The highest BCUT2D eigenvalue weighted by Crippen LogP contribution is 2.39. The van der Waals surface area contributed by atoms with Crippen LogP contribution < -0.4 is 14.9 Å². The van der Waals surface area contributed by atoms with Gasteiger partial charge in [0.2, 0.25) is 0 Å². The SMILES string of the molecule is CC(C)(C)C(=O)[O-].CC(C)(C)[C@H]1CCc2nc3c(cc2C1)N=C(C(=O)C[C@H](CC[NH+]1CCC(O)CC1)c1cccc(N2CCOC2=O)c1)C3. The van der Waals surface area contributed by atoms with Gasteiger partial charge in [0.05, 0.1) is 49.4 Å². The zero-order chi connectivity index (χ0) is 35.5. The summed E-state index contributed by atoms with van der Waals surface area (Å²) in [6.45, 7) is 15.5. The number of piperidine rings is 1. The number of likely N-dealkylation sites (tertiary alicyclic amines) is 1. The third-order valence-electron chi connectivity index (χ3n) is 10.5. The summed E-state index contributed by atoms with van der Waals surface area (Å²) in [6, 6.07) is 10.2. The number of cyclic esters (lactones) is 1. The Kier molecular flexibility index (Phi) is 11.3. The smallest absolute Gasteiger partial charge is 0.414 e. The lowest BCUT2D eigenvalue weighted by atomic mass is 9.71. The monoisotopic (exact) mass is 674 g/mol. The molecule has 0 unspecified atom stereocenters. The summed E-state index contributed by atoms with van der Waals surface area (Å²) in [5.41, 5.74) is 6.35. The number of carbonyl (C=O) groups is 3. The van der Waals surface area contributed by atoms with Crippen LogP contribution in [0.3, 0.4) is 0 Å². The molecule has 4 aliphatic rings. The van der Waals surface area contributed by atoms with Gasteiger partial charge in [-0.2, -0.15) is 0 Å². The number of benzene rings is 1. The number of pyridine rings is 1. The number of Topliss-reactive ketones (excluding diaryl/α,β-unsaturated/α-hetero) is 1. The predicted octanol–water partition coefficient (Wildman–Crippen LogP) is 3.77. The van der Waals surface area contributed by atoms with E-state index in [9.17, 15) is 24.6 Å². The van der Waals surface area contributed by atoms with E-state index in [2.05, 4.69) is 32.9 Å². The molecule has 10 heteroatoms. The van der Waals surface area contributed by atoms with Gasteiger partial charge >= 0.3 is 6.09 Å². The third-order valence-corrected chi connectivity index (χ3v) is 10.5. The second-order valence-electron chi connectivity index (χ2n) is 16.3. The first-order chi connectivity index (χ1) is 23.1. The van der Waals surface area contributed by atoms with Gasteiger partial charge in [0.1, 0.15) is 6.61 Å².